The first-order chi connectivity index (χ1) is 8.35. The zero-order valence-electron chi connectivity index (χ0n) is 9.71. The van der Waals surface area contributed by atoms with Gasteiger partial charge in [0, 0.05) is 12.0 Å². The van der Waals surface area contributed by atoms with Crippen LogP contribution in [-0.4, -0.2) is 33.9 Å². The van der Waals surface area contributed by atoms with Crippen LogP contribution in [0.25, 0.3) is 0 Å². The highest BCUT2D eigenvalue weighted by Crippen LogP contribution is 2.18. The summed E-state index contributed by atoms with van der Waals surface area (Å²) in [5, 5.41) is 11.5. The van der Waals surface area contributed by atoms with Gasteiger partial charge in [-0.1, -0.05) is 18.2 Å². The van der Waals surface area contributed by atoms with E-state index in [1.54, 1.807) is 11.8 Å². The van der Waals surface area contributed by atoms with Gasteiger partial charge in [-0.15, -0.1) is 5.10 Å². The maximum absolute atomic E-state index is 5.50. The quantitative estimate of drug-likeness (QED) is 0.799. The molecule has 2 aromatic rings. The first-order valence-electron chi connectivity index (χ1n) is 5.42. The maximum Gasteiger partial charge on any atom is 0.152 e. The van der Waals surface area contributed by atoms with Crippen LogP contribution in [0.1, 0.15) is 11.4 Å². The second kappa shape index (κ2) is 5.40. The SMILES string of the molecule is COc1ccccc1Cn1nnnc1CCN. The lowest BCUT2D eigenvalue weighted by Crippen LogP contribution is -2.12. The molecule has 6 heteroatoms. The van der Waals surface area contributed by atoms with E-state index in [1.165, 1.54) is 0 Å². The van der Waals surface area contributed by atoms with Crippen molar-refractivity contribution in [1.82, 2.24) is 20.2 Å². The molecule has 2 rings (SSSR count). The smallest absolute Gasteiger partial charge is 0.152 e. The third kappa shape index (κ3) is 2.59. The van der Waals surface area contributed by atoms with Crippen molar-refractivity contribution in [2.24, 2.45) is 5.73 Å². The molecule has 0 amide bonds. The second-order valence-electron chi connectivity index (χ2n) is 3.60. The number of para-hydroxylation sites is 1. The standard InChI is InChI=1S/C11H15N5O/c1-17-10-5-3-2-4-9(10)8-16-11(6-7-12)13-14-15-16/h2-5H,6-8,12H2,1H3. The van der Waals surface area contributed by atoms with E-state index in [-0.39, 0.29) is 0 Å². The van der Waals surface area contributed by atoms with Gasteiger partial charge in [-0.25, -0.2) is 4.68 Å². The van der Waals surface area contributed by atoms with E-state index in [1.807, 2.05) is 24.3 Å². The van der Waals surface area contributed by atoms with Crippen LogP contribution in [0.4, 0.5) is 0 Å². The number of rotatable bonds is 5. The zero-order chi connectivity index (χ0) is 12.1. The first-order valence-corrected chi connectivity index (χ1v) is 5.42. The fraction of sp³-hybridized carbons (Fsp3) is 0.364. The summed E-state index contributed by atoms with van der Waals surface area (Å²) in [6, 6.07) is 7.81. The lowest BCUT2D eigenvalue weighted by Gasteiger charge is -2.08. The van der Waals surface area contributed by atoms with Gasteiger partial charge in [-0.05, 0) is 23.0 Å². The van der Waals surface area contributed by atoms with E-state index in [0.29, 0.717) is 19.5 Å². The highest BCUT2D eigenvalue weighted by Gasteiger charge is 2.08. The Hall–Kier alpha value is -1.95. The average molecular weight is 233 g/mol. The molecule has 0 aliphatic carbocycles. The van der Waals surface area contributed by atoms with Crippen molar-refractivity contribution in [3.05, 3.63) is 35.7 Å². The molecule has 90 valence electrons. The minimum absolute atomic E-state index is 0.534. The summed E-state index contributed by atoms with van der Waals surface area (Å²) in [7, 11) is 1.65. The molecule has 17 heavy (non-hydrogen) atoms. The van der Waals surface area contributed by atoms with Gasteiger partial charge in [0.2, 0.25) is 0 Å². The number of nitrogens with two attached hydrogens (primary N) is 1. The lowest BCUT2D eigenvalue weighted by molar-refractivity contribution is 0.406. The summed E-state index contributed by atoms with van der Waals surface area (Å²) in [5.74, 6) is 1.63. The zero-order valence-corrected chi connectivity index (χ0v) is 9.71. The molecule has 6 nitrogen and oxygen atoms in total. The molecule has 0 unspecified atom stereocenters. The van der Waals surface area contributed by atoms with Crippen LogP contribution in [-0.2, 0) is 13.0 Å². The summed E-state index contributed by atoms with van der Waals surface area (Å²) in [5.41, 5.74) is 6.55. The largest absolute Gasteiger partial charge is 0.496 e. The van der Waals surface area contributed by atoms with Crippen molar-refractivity contribution in [1.29, 1.82) is 0 Å². The van der Waals surface area contributed by atoms with Gasteiger partial charge in [0.15, 0.2) is 5.82 Å². The van der Waals surface area contributed by atoms with Crippen LogP contribution in [0.2, 0.25) is 0 Å². The third-order valence-corrected chi connectivity index (χ3v) is 2.49. The van der Waals surface area contributed by atoms with Gasteiger partial charge in [-0.3, -0.25) is 0 Å². The van der Waals surface area contributed by atoms with Gasteiger partial charge in [0.05, 0.1) is 13.7 Å². The van der Waals surface area contributed by atoms with Crippen LogP contribution in [0.5, 0.6) is 5.75 Å². The third-order valence-electron chi connectivity index (χ3n) is 2.49. The summed E-state index contributed by atoms with van der Waals surface area (Å²) in [4.78, 5) is 0. The Kier molecular flexibility index (Phi) is 3.66. The normalized spacial score (nSPS) is 10.5. The van der Waals surface area contributed by atoms with E-state index in [2.05, 4.69) is 15.5 Å². The Morgan fingerprint density at radius 3 is 2.94 bits per heavy atom. The summed E-state index contributed by atoms with van der Waals surface area (Å²) < 4.78 is 7.03. The predicted octanol–water partition coefficient (Wildman–Crippen LogP) is 0.231. The highest BCUT2D eigenvalue weighted by molar-refractivity contribution is 5.33. The summed E-state index contributed by atoms with van der Waals surface area (Å²) in [6.07, 6.45) is 0.669. The van der Waals surface area contributed by atoms with E-state index < -0.39 is 0 Å². The summed E-state index contributed by atoms with van der Waals surface area (Å²) in [6.45, 7) is 1.12. The minimum atomic E-state index is 0.534. The number of benzene rings is 1. The topological polar surface area (TPSA) is 78.8 Å². The van der Waals surface area contributed by atoms with Crippen molar-refractivity contribution < 1.29 is 4.74 Å². The molecule has 0 saturated heterocycles. The van der Waals surface area contributed by atoms with Crippen molar-refractivity contribution >= 4 is 0 Å². The molecule has 0 atom stereocenters. The molecule has 0 radical (unpaired) electrons. The van der Waals surface area contributed by atoms with Crippen LogP contribution in [0, 0.1) is 0 Å². The Morgan fingerprint density at radius 2 is 2.18 bits per heavy atom. The van der Waals surface area contributed by atoms with Gasteiger partial charge >= 0.3 is 0 Å². The Bertz CT molecular complexity index is 482. The highest BCUT2D eigenvalue weighted by atomic mass is 16.5. The molecular weight excluding hydrogens is 218 g/mol. The maximum atomic E-state index is 5.50. The molecule has 0 aliphatic rings. The van der Waals surface area contributed by atoms with E-state index in [9.17, 15) is 0 Å². The van der Waals surface area contributed by atoms with Crippen LogP contribution in [0.3, 0.4) is 0 Å². The number of hydrogen-bond donors (Lipinski definition) is 1. The van der Waals surface area contributed by atoms with Crippen molar-refractivity contribution in [2.45, 2.75) is 13.0 Å². The van der Waals surface area contributed by atoms with E-state index >= 15 is 0 Å². The molecule has 1 heterocycles. The predicted molar refractivity (Wildman–Crippen MR) is 62.7 cm³/mol. The van der Waals surface area contributed by atoms with Crippen LogP contribution in [0.15, 0.2) is 24.3 Å². The van der Waals surface area contributed by atoms with Crippen LogP contribution >= 0.6 is 0 Å². The average Bonchev–Trinajstić information content (AvgIpc) is 2.78. The fourth-order valence-electron chi connectivity index (χ4n) is 1.65. The van der Waals surface area contributed by atoms with Crippen LogP contribution < -0.4 is 10.5 Å². The lowest BCUT2D eigenvalue weighted by atomic mass is 10.2. The minimum Gasteiger partial charge on any atom is -0.496 e. The monoisotopic (exact) mass is 233 g/mol. The number of methoxy groups -OCH3 is 1. The Balaban J connectivity index is 2.22. The molecular formula is C11H15N5O. The van der Waals surface area contributed by atoms with Crippen molar-refractivity contribution in [2.75, 3.05) is 13.7 Å². The first kappa shape index (κ1) is 11.5. The molecule has 0 bridgehead atoms. The van der Waals surface area contributed by atoms with Gasteiger partial charge in [0.1, 0.15) is 5.75 Å². The number of ether oxygens (including phenoxy) is 1. The number of tetrazole rings is 1. The second-order valence-corrected chi connectivity index (χ2v) is 3.60. The van der Waals surface area contributed by atoms with E-state index in [0.717, 1.165) is 17.1 Å². The molecule has 1 aromatic heterocycles. The molecule has 0 saturated carbocycles. The molecule has 0 spiro atoms. The molecule has 0 fully saturated rings. The number of aromatic nitrogens is 4. The number of hydrogen-bond acceptors (Lipinski definition) is 5. The Morgan fingerprint density at radius 1 is 1.35 bits per heavy atom. The fourth-order valence-corrected chi connectivity index (χ4v) is 1.65. The van der Waals surface area contributed by atoms with Gasteiger partial charge < -0.3 is 10.5 Å². The van der Waals surface area contributed by atoms with Crippen molar-refractivity contribution in [3.63, 3.8) is 0 Å². The molecule has 2 N–H and O–H groups in total. The summed E-state index contributed by atoms with van der Waals surface area (Å²) >= 11 is 0. The van der Waals surface area contributed by atoms with Gasteiger partial charge in [0.25, 0.3) is 0 Å². The molecule has 1 aromatic carbocycles. The van der Waals surface area contributed by atoms with E-state index in [4.69, 9.17) is 10.5 Å². The number of nitrogens with zero attached hydrogens (tertiary/aromatic N) is 4. The van der Waals surface area contributed by atoms with Gasteiger partial charge in [-0.2, -0.15) is 0 Å². The van der Waals surface area contributed by atoms with Crippen molar-refractivity contribution in [3.8, 4) is 5.75 Å². The Labute approximate surface area is 99.4 Å². The molecule has 0 aliphatic heterocycles.